The van der Waals surface area contributed by atoms with Crippen LogP contribution >= 0.6 is 11.3 Å². The smallest absolute Gasteiger partial charge is 0.241 e. The number of aliphatic hydroxyl groups excluding tert-OH is 1. The molecule has 21 heavy (non-hydrogen) atoms. The second kappa shape index (κ2) is 5.53. The van der Waals surface area contributed by atoms with Crippen LogP contribution in [0.3, 0.4) is 0 Å². The van der Waals surface area contributed by atoms with Crippen LogP contribution in [-0.2, 0) is 16.6 Å². The highest BCUT2D eigenvalue weighted by Crippen LogP contribution is 2.41. The van der Waals surface area contributed by atoms with Gasteiger partial charge in [0, 0.05) is 21.7 Å². The number of hydrogen-bond donors (Lipinski definition) is 2. The third kappa shape index (κ3) is 3.03. The SMILES string of the molecule is Cc1sc(CO)cc1S(=O)(=O)NC1CC1c1ccccc1. The number of benzene rings is 1. The molecule has 0 amide bonds. The first-order valence-electron chi connectivity index (χ1n) is 6.78. The van der Waals surface area contributed by atoms with Crippen LogP contribution in [0, 0.1) is 6.92 Å². The van der Waals surface area contributed by atoms with Crippen LogP contribution < -0.4 is 4.72 Å². The molecule has 1 heterocycles. The maximum absolute atomic E-state index is 12.4. The molecular formula is C15H17NO3S2. The van der Waals surface area contributed by atoms with Crippen molar-refractivity contribution in [2.24, 2.45) is 0 Å². The van der Waals surface area contributed by atoms with Crippen LogP contribution in [0.2, 0.25) is 0 Å². The van der Waals surface area contributed by atoms with E-state index in [0.29, 0.717) is 9.75 Å². The lowest BCUT2D eigenvalue weighted by Crippen LogP contribution is -2.27. The molecule has 0 radical (unpaired) electrons. The van der Waals surface area contributed by atoms with Crippen LogP contribution in [0.4, 0.5) is 0 Å². The Morgan fingerprint density at radius 2 is 2.05 bits per heavy atom. The Bertz CT molecular complexity index is 738. The predicted molar refractivity (Wildman–Crippen MR) is 82.9 cm³/mol. The van der Waals surface area contributed by atoms with E-state index in [2.05, 4.69) is 4.72 Å². The molecule has 2 N–H and O–H groups in total. The maximum Gasteiger partial charge on any atom is 0.241 e. The van der Waals surface area contributed by atoms with E-state index in [1.807, 2.05) is 30.3 Å². The monoisotopic (exact) mass is 323 g/mol. The largest absolute Gasteiger partial charge is 0.391 e. The second-order valence-electron chi connectivity index (χ2n) is 5.27. The molecule has 1 aromatic heterocycles. The second-order valence-corrected chi connectivity index (χ2v) is 8.30. The van der Waals surface area contributed by atoms with E-state index >= 15 is 0 Å². The van der Waals surface area contributed by atoms with Crippen LogP contribution in [0.15, 0.2) is 41.3 Å². The van der Waals surface area contributed by atoms with E-state index < -0.39 is 10.0 Å². The van der Waals surface area contributed by atoms with Crippen molar-refractivity contribution in [2.75, 3.05) is 0 Å². The van der Waals surface area contributed by atoms with Crippen molar-refractivity contribution in [3.05, 3.63) is 51.7 Å². The fourth-order valence-corrected chi connectivity index (χ4v) is 5.31. The van der Waals surface area contributed by atoms with Gasteiger partial charge in [0.2, 0.25) is 10.0 Å². The molecule has 6 heteroatoms. The van der Waals surface area contributed by atoms with Crippen LogP contribution in [0.5, 0.6) is 0 Å². The first-order valence-corrected chi connectivity index (χ1v) is 9.08. The fourth-order valence-electron chi connectivity index (χ4n) is 2.53. The van der Waals surface area contributed by atoms with Crippen molar-refractivity contribution in [1.29, 1.82) is 0 Å². The van der Waals surface area contributed by atoms with Crippen molar-refractivity contribution < 1.29 is 13.5 Å². The zero-order valence-electron chi connectivity index (χ0n) is 11.6. The van der Waals surface area contributed by atoms with Gasteiger partial charge in [0.05, 0.1) is 11.5 Å². The van der Waals surface area contributed by atoms with Gasteiger partial charge in [-0.05, 0) is 25.0 Å². The maximum atomic E-state index is 12.4. The Balaban J connectivity index is 1.75. The predicted octanol–water partition coefficient (Wildman–Crippen LogP) is 2.38. The van der Waals surface area contributed by atoms with Crippen molar-refractivity contribution in [2.45, 2.75) is 36.8 Å². The highest BCUT2D eigenvalue weighted by molar-refractivity contribution is 7.89. The molecule has 0 aliphatic heterocycles. The van der Waals surface area contributed by atoms with Gasteiger partial charge in [-0.1, -0.05) is 30.3 Å². The van der Waals surface area contributed by atoms with Crippen LogP contribution in [0.1, 0.15) is 27.7 Å². The van der Waals surface area contributed by atoms with E-state index in [9.17, 15) is 8.42 Å². The van der Waals surface area contributed by atoms with Gasteiger partial charge < -0.3 is 5.11 Å². The first-order chi connectivity index (χ1) is 10.0. The molecule has 1 saturated carbocycles. The minimum absolute atomic E-state index is 0.0331. The van der Waals surface area contributed by atoms with Crippen molar-refractivity contribution in [1.82, 2.24) is 4.72 Å². The Hall–Kier alpha value is -1.21. The number of aryl methyl sites for hydroxylation is 1. The molecule has 112 valence electrons. The molecule has 1 fully saturated rings. The summed E-state index contributed by atoms with van der Waals surface area (Å²) >= 11 is 1.32. The van der Waals surface area contributed by atoms with E-state index in [0.717, 1.165) is 6.42 Å². The van der Waals surface area contributed by atoms with Gasteiger partial charge in [-0.2, -0.15) is 0 Å². The van der Waals surface area contributed by atoms with Crippen LogP contribution in [0.25, 0.3) is 0 Å². The number of rotatable bonds is 5. The summed E-state index contributed by atoms with van der Waals surface area (Å²) in [5, 5.41) is 9.12. The van der Waals surface area contributed by atoms with Gasteiger partial charge in [0.1, 0.15) is 0 Å². The summed E-state index contributed by atoms with van der Waals surface area (Å²) in [6, 6.07) is 11.5. The fraction of sp³-hybridized carbons (Fsp3) is 0.333. The van der Waals surface area contributed by atoms with E-state index in [1.165, 1.54) is 16.9 Å². The molecule has 1 aliphatic carbocycles. The molecule has 0 bridgehead atoms. The topological polar surface area (TPSA) is 66.4 Å². The number of sulfonamides is 1. The summed E-state index contributed by atoms with van der Waals surface area (Å²) in [7, 11) is -3.51. The normalized spacial score (nSPS) is 21.4. The molecular weight excluding hydrogens is 306 g/mol. The third-order valence-electron chi connectivity index (χ3n) is 3.69. The van der Waals surface area contributed by atoms with E-state index in [4.69, 9.17) is 5.11 Å². The summed E-state index contributed by atoms with van der Waals surface area (Å²) in [4.78, 5) is 1.67. The molecule has 0 spiro atoms. The molecule has 3 rings (SSSR count). The zero-order valence-corrected chi connectivity index (χ0v) is 13.2. The molecule has 1 aliphatic rings. The lowest BCUT2D eigenvalue weighted by molar-refractivity contribution is 0.285. The van der Waals surface area contributed by atoms with Gasteiger partial charge in [-0.15, -0.1) is 11.3 Å². The van der Waals surface area contributed by atoms with Gasteiger partial charge >= 0.3 is 0 Å². The summed E-state index contributed by atoms with van der Waals surface area (Å²) in [5.74, 6) is 0.261. The molecule has 0 saturated heterocycles. The third-order valence-corrected chi connectivity index (χ3v) is 6.47. The lowest BCUT2D eigenvalue weighted by atomic mass is 10.1. The van der Waals surface area contributed by atoms with E-state index in [1.54, 1.807) is 13.0 Å². The Kier molecular flexibility index (Phi) is 3.88. The van der Waals surface area contributed by atoms with Gasteiger partial charge in [-0.3, -0.25) is 0 Å². The van der Waals surface area contributed by atoms with Crippen LogP contribution in [-0.4, -0.2) is 19.6 Å². The summed E-state index contributed by atoms with van der Waals surface area (Å²) < 4.78 is 27.6. The Morgan fingerprint density at radius 3 is 2.67 bits per heavy atom. The number of hydrogen-bond acceptors (Lipinski definition) is 4. The molecule has 4 nitrogen and oxygen atoms in total. The minimum Gasteiger partial charge on any atom is -0.391 e. The number of aliphatic hydroxyl groups is 1. The van der Waals surface area contributed by atoms with Gasteiger partial charge in [0.15, 0.2) is 0 Å². The number of thiophene rings is 1. The summed E-state index contributed by atoms with van der Waals surface area (Å²) in [6.07, 6.45) is 0.833. The van der Waals surface area contributed by atoms with Crippen molar-refractivity contribution in [3.63, 3.8) is 0 Å². The van der Waals surface area contributed by atoms with Crippen molar-refractivity contribution >= 4 is 21.4 Å². The van der Waals surface area contributed by atoms with Gasteiger partial charge in [-0.25, -0.2) is 13.1 Å². The number of nitrogens with one attached hydrogen (secondary N) is 1. The highest BCUT2D eigenvalue weighted by atomic mass is 32.2. The minimum atomic E-state index is -3.51. The summed E-state index contributed by atoms with van der Waals surface area (Å²) in [6.45, 7) is 1.64. The molecule has 2 unspecified atom stereocenters. The Morgan fingerprint density at radius 1 is 1.33 bits per heavy atom. The lowest BCUT2D eigenvalue weighted by Gasteiger charge is -2.06. The average Bonchev–Trinajstić information content (AvgIpc) is 3.10. The quantitative estimate of drug-likeness (QED) is 0.888. The zero-order chi connectivity index (χ0) is 15.0. The van der Waals surface area contributed by atoms with Crippen molar-refractivity contribution in [3.8, 4) is 0 Å². The van der Waals surface area contributed by atoms with E-state index in [-0.39, 0.29) is 23.5 Å². The molecule has 2 atom stereocenters. The molecule has 2 aromatic rings. The highest BCUT2D eigenvalue weighted by Gasteiger charge is 2.41. The summed E-state index contributed by atoms with van der Waals surface area (Å²) in [5.41, 5.74) is 1.17. The molecule has 1 aromatic carbocycles. The Labute approximate surface area is 128 Å². The first kappa shape index (κ1) is 14.7. The van der Waals surface area contributed by atoms with Gasteiger partial charge in [0.25, 0.3) is 0 Å². The standard InChI is InChI=1S/C15H17NO3S2/c1-10-15(7-12(9-17)20-10)21(18,19)16-14-8-13(14)11-5-3-2-4-6-11/h2-7,13-14,16-17H,8-9H2,1H3. The average molecular weight is 323 g/mol.